The summed E-state index contributed by atoms with van der Waals surface area (Å²) in [5.41, 5.74) is 1.01. The van der Waals surface area contributed by atoms with Gasteiger partial charge >= 0.3 is 5.97 Å². The largest absolute Gasteiger partial charge is 0.497 e. The minimum absolute atomic E-state index is 0.0611. The van der Waals surface area contributed by atoms with Crippen molar-refractivity contribution in [2.75, 3.05) is 27.2 Å². The van der Waals surface area contributed by atoms with Gasteiger partial charge in [-0.15, -0.1) is 0 Å². The van der Waals surface area contributed by atoms with Gasteiger partial charge < -0.3 is 14.7 Å². The molecule has 0 bridgehead atoms. The van der Waals surface area contributed by atoms with Crippen LogP contribution in [0.5, 0.6) is 5.75 Å². The van der Waals surface area contributed by atoms with Gasteiger partial charge in [0, 0.05) is 13.6 Å². The van der Waals surface area contributed by atoms with Crippen LogP contribution < -0.4 is 4.74 Å². The van der Waals surface area contributed by atoms with Gasteiger partial charge in [-0.2, -0.15) is 0 Å². The summed E-state index contributed by atoms with van der Waals surface area (Å²) in [6, 6.07) is 7.02. The second kappa shape index (κ2) is 7.97. The summed E-state index contributed by atoms with van der Waals surface area (Å²) in [4.78, 5) is 27.1. The highest BCUT2D eigenvalue weighted by atomic mass is 16.5. The smallest absolute Gasteiger partial charge is 0.320 e. The Morgan fingerprint density at radius 3 is 2.61 bits per heavy atom. The minimum atomic E-state index is -0.838. The van der Waals surface area contributed by atoms with Crippen LogP contribution in [-0.2, 0) is 16.1 Å². The molecule has 1 N–H and O–H groups in total. The lowest BCUT2D eigenvalue weighted by atomic mass is 10.0. The molecule has 6 heteroatoms. The predicted molar refractivity (Wildman–Crippen MR) is 86.3 cm³/mol. The van der Waals surface area contributed by atoms with E-state index >= 15 is 0 Å². The molecule has 1 aromatic rings. The summed E-state index contributed by atoms with van der Waals surface area (Å²) in [7, 11) is 3.36. The maximum atomic E-state index is 12.4. The van der Waals surface area contributed by atoms with Crippen LogP contribution in [0.4, 0.5) is 0 Å². The summed E-state index contributed by atoms with van der Waals surface area (Å²) in [5, 5.41) is 9.27. The number of hydrogen-bond donors (Lipinski definition) is 1. The number of ether oxygens (including phenoxy) is 1. The molecule has 1 fully saturated rings. The zero-order valence-electron chi connectivity index (χ0n) is 13.7. The number of likely N-dealkylation sites (N-methyl/N-ethyl adjacent to an activating group) is 1. The Kier molecular flexibility index (Phi) is 5.98. The molecule has 1 aliphatic heterocycles. The lowest BCUT2D eigenvalue weighted by molar-refractivity contribution is -0.146. The normalized spacial score (nSPS) is 18.4. The molecule has 1 amide bonds. The first kappa shape index (κ1) is 17.3. The van der Waals surface area contributed by atoms with Gasteiger partial charge in [-0.05, 0) is 37.1 Å². The van der Waals surface area contributed by atoms with Crippen LogP contribution >= 0.6 is 0 Å². The summed E-state index contributed by atoms with van der Waals surface area (Å²) < 4.78 is 5.11. The minimum Gasteiger partial charge on any atom is -0.497 e. The molecule has 1 aliphatic rings. The third kappa shape index (κ3) is 4.69. The first-order valence-electron chi connectivity index (χ1n) is 7.85. The first-order valence-corrected chi connectivity index (χ1v) is 7.85. The second-order valence-electron chi connectivity index (χ2n) is 5.92. The summed E-state index contributed by atoms with van der Waals surface area (Å²) in [6.07, 6.45) is 2.47. The molecule has 1 saturated heterocycles. The van der Waals surface area contributed by atoms with Crippen LogP contribution in [0.25, 0.3) is 0 Å². The number of methoxy groups -OCH3 is 1. The monoisotopic (exact) mass is 320 g/mol. The average Bonchev–Trinajstić information content (AvgIpc) is 2.55. The molecule has 2 rings (SSSR count). The molecule has 1 atom stereocenters. The number of rotatable bonds is 6. The van der Waals surface area contributed by atoms with E-state index in [0.29, 0.717) is 19.5 Å². The topological polar surface area (TPSA) is 70.1 Å². The third-order valence-corrected chi connectivity index (χ3v) is 4.24. The number of carboxylic acids is 1. The molecule has 0 spiro atoms. The van der Waals surface area contributed by atoms with Crippen molar-refractivity contribution in [2.45, 2.75) is 31.8 Å². The van der Waals surface area contributed by atoms with Gasteiger partial charge in [0.05, 0.1) is 13.7 Å². The van der Waals surface area contributed by atoms with Crippen molar-refractivity contribution in [2.24, 2.45) is 0 Å². The van der Waals surface area contributed by atoms with Crippen molar-refractivity contribution in [3.05, 3.63) is 29.8 Å². The van der Waals surface area contributed by atoms with E-state index in [2.05, 4.69) is 0 Å². The van der Waals surface area contributed by atoms with Crippen molar-refractivity contribution in [3.8, 4) is 5.75 Å². The number of nitrogens with zero attached hydrogens (tertiary/aromatic N) is 2. The Morgan fingerprint density at radius 1 is 1.30 bits per heavy atom. The van der Waals surface area contributed by atoms with Crippen molar-refractivity contribution in [3.63, 3.8) is 0 Å². The molecule has 1 aromatic carbocycles. The number of hydrogen-bond acceptors (Lipinski definition) is 4. The lowest BCUT2D eigenvalue weighted by Gasteiger charge is -2.33. The van der Waals surface area contributed by atoms with Gasteiger partial charge in [0.15, 0.2) is 0 Å². The van der Waals surface area contributed by atoms with Gasteiger partial charge in [-0.1, -0.05) is 18.6 Å². The Morgan fingerprint density at radius 2 is 2.00 bits per heavy atom. The Balaban J connectivity index is 1.91. The molecule has 0 aromatic heterocycles. The third-order valence-electron chi connectivity index (χ3n) is 4.24. The molecule has 1 heterocycles. The van der Waals surface area contributed by atoms with Crippen LogP contribution in [0, 0.1) is 0 Å². The van der Waals surface area contributed by atoms with Crippen LogP contribution in [0.1, 0.15) is 24.8 Å². The number of carbonyl (C=O) groups is 2. The van der Waals surface area contributed by atoms with E-state index < -0.39 is 12.0 Å². The molecular weight excluding hydrogens is 296 g/mol. The van der Waals surface area contributed by atoms with E-state index in [4.69, 9.17) is 4.74 Å². The first-order chi connectivity index (χ1) is 11.0. The highest BCUT2D eigenvalue weighted by Crippen LogP contribution is 2.18. The molecule has 1 unspecified atom stereocenters. The SMILES string of the molecule is COc1ccc(CN(C)C(=O)CN2CCCCC2C(=O)O)cc1. The number of carboxylic acid groups (broad SMARTS) is 1. The van der Waals surface area contributed by atoms with Crippen molar-refractivity contribution >= 4 is 11.9 Å². The lowest BCUT2D eigenvalue weighted by Crippen LogP contribution is -2.49. The highest BCUT2D eigenvalue weighted by molar-refractivity contribution is 5.80. The number of amides is 1. The van der Waals surface area contributed by atoms with Crippen LogP contribution in [0.2, 0.25) is 0 Å². The molecular formula is C17H24N2O4. The number of benzene rings is 1. The molecule has 0 aliphatic carbocycles. The number of piperidine rings is 1. The van der Waals surface area contributed by atoms with Gasteiger partial charge in [-0.3, -0.25) is 14.5 Å². The van der Waals surface area contributed by atoms with Crippen LogP contribution in [-0.4, -0.2) is 60.1 Å². The zero-order chi connectivity index (χ0) is 16.8. The maximum Gasteiger partial charge on any atom is 0.320 e. The van der Waals surface area contributed by atoms with Gasteiger partial charge in [0.2, 0.25) is 5.91 Å². The second-order valence-corrected chi connectivity index (χ2v) is 5.92. The fourth-order valence-electron chi connectivity index (χ4n) is 2.85. The van der Waals surface area contributed by atoms with Gasteiger partial charge in [-0.25, -0.2) is 0 Å². The summed E-state index contributed by atoms with van der Waals surface area (Å²) in [5.74, 6) is -0.121. The van der Waals surface area contributed by atoms with Gasteiger partial charge in [0.25, 0.3) is 0 Å². The fourth-order valence-corrected chi connectivity index (χ4v) is 2.85. The maximum absolute atomic E-state index is 12.4. The van der Waals surface area contributed by atoms with E-state index in [0.717, 1.165) is 24.2 Å². The van der Waals surface area contributed by atoms with Crippen LogP contribution in [0.3, 0.4) is 0 Å². The Hall–Kier alpha value is -2.08. The van der Waals surface area contributed by atoms with Gasteiger partial charge in [0.1, 0.15) is 11.8 Å². The van der Waals surface area contributed by atoms with Crippen molar-refractivity contribution < 1.29 is 19.4 Å². The highest BCUT2D eigenvalue weighted by Gasteiger charge is 2.30. The van der Waals surface area contributed by atoms with E-state index in [9.17, 15) is 14.7 Å². The average molecular weight is 320 g/mol. The number of aliphatic carboxylic acids is 1. The standard InChI is InChI=1S/C17H24N2O4/c1-18(11-13-6-8-14(23-2)9-7-13)16(20)12-19-10-4-3-5-15(19)17(21)22/h6-9,15H,3-5,10-12H2,1-2H3,(H,21,22). The molecule has 6 nitrogen and oxygen atoms in total. The fraction of sp³-hybridized carbons (Fsp3) is 0.529. The van der Waals surface area contributed by atoms with Crippen LogP contribution in [0.15, 0.2) is 24.3 Å². The van der Waals surface area contributed by atoms with Crippen molar-refractivity contribution in [1.82, 2.24) is 9.80 Å². The van der Waals surface area contributed by atoms with Crippen molar-refractivity contribution in [1.29, 1.82) is 0 Å². The van der Waals surface area contributed by atoms with E-state index in [-0.39, 0.29) is 12.5 Å². The number of likely N-dealkylation sites (tertiary alicyclic amines) is 1. The molecule has 0 saturated carbocycles. The van der Waals surface area contributed by atoms with E-state index in [1.807, 2.05) is 24.3 Å². The predicted octanol–water partition coefficient (Wildman–Crippen LogP) is 1.59. The summed E-state index contributed by atoms with van der Waals surface area (Å²) >= 11 is 0. The quantitative estimate of drug-likeness (QED) is 0.862. The molecule has 23 heavy (non-hydrogen) atoms. The summed E-state index contributed by atoms with van der Waals surface area (Å²) in [6.45, 7) is 1.32. The van der Waals surface area contributed by atoms with E-state index in [1.54, 1.807) is 24.0 Å². The van der Waals surface area contributed by atoms with E-state index in [1.165, 1.54) is 0 Å². The molecule has 0 radical (unpaired) electrons. The molecule has 126 valence electrons. The Bertz CT molecular complexity index is 544. The number of carbonyl (C=O) groups excluding carboxylic acids is 1. The zero-order valence-corrected chi connectivity index (χ0v) is 13.7. The Labute approximate surface area is 136 Å².